The summed E-state index contributed by atoms with van der Waals surface area (Å²) in [6.07, 6.45) is 2.00. The third-order valence-electron chi connectivity index (χ3n) is 3.39. The van der Waals surface area contributed by atoms with Crippen LogP contribution in [0.25, 0.3) is 0 Å². The van der Waals surface area contributed by atoms with Crippen molar-refractivity contribution in [2.75, 3.05) is 12.4 Å². The molecule has 0 saturated carbocycles. The molecule has 2 rings (SSSR count). The zero-order valence-corrected chi connectivity index (χ0v) is 11.4. The lowest BCUT2D eigenvalue weighted by Gasteiger charge is -2.25. The van der Waals surface area contributed by atoms with Gasteiger partial charge in [-0.3, -0.25) is 4.79 Å². The highest BCUT2D eigenvalue weighted by atomic mass is 32.2. The van der Waals surface area contributed by atoms with Gasteiger partial charge in [0.2, 0.25) is 5.91 Å². The molecule has 0 spiro atoms. The van der Waals surface area contributed by atoms with Crippen molar-refractivity contribution in [3.05, 3.63) is 35.9 Å². The predicted molar refractivity (Wildman–Crippen MR) is 74.5 cm³/mol. The molecule has 0 radical (unpaired) electrons. The Labute approximate surface area is 112 Å². The first-order valence-corrected chi connectivity index (χ1v) is 7.25. The minimum Gasteiger partial charge on any atom is -0.394 e. The summed E-state index contributed by atoms with van der Waals surface area (Å²) in [4.78, 5) is 12.3. The second-order valence-corrected chi connectivity index (χ2v) is 6.40. The van der Waals surface area contributed by atoms with Crippen molar-refractivity contribution >= 4 is 17.7 Å². The highest BCUT2D eigenvalue weighted by Crippen LogP contribution is 2.38. The predicted octanol–water partition coefficient (Wildman–Crippen LogP) is 2.12. The van der Waals surface area contributed by atoms with Crippen LogP contribution in [0.15, 0.2) is 30.3 Å². The number of hydrogen-bond acceptors (Lipinski definition) is 3. The van der Waals surface area contributed by atoms with Gasteiger partial charge >= 0.3 is 0 Å². The molecule has 2 atom stereocenters. The number of benzene rings is 1. The fraction of sp³-hybridized carbons (Fsp3) is 0.500. The van der Waals surface area contributed by atoms with E-state index in [2.05, 4.69) is 5.32 Å². The number of rotatable bonds is 4. The summed E-state index contributed by atoms with van der Waals surface area (Å²) < 4.78 is -0.331. The van der Waals surface area contributed by atoms with Crippen molar-refractivity contribution in [3.8, 4) is 0 Å². The largest absolute Gasteiger partial charge is 0.394 e. The topological polar surface area (TPSA) is 49.3 Å². The smallest absolute Gasteiger partial charge is 0.236 e. The highest BCUT2D eigenvalue weighted by molar-refractivity contribution is 8.01. The van der Waals surface area contributed by atoms with E-state index in [0.29, 0.717) is 0 Å². The molecular weight excluding hydrogens is 246 g/mol. The van der Waals surface area contributed by atoms with Gasteiger partial charge in [-0.05, 0) is 31.1 Å². The molecule has 0 bridgehead atoms. The van der Waals surface area contributed by atoms with E-state index in [1.807, 2.05) is 37.3 Å². The van der Waals surface area contributed by atoms with Gasteiger partial charge in [-0.25, -0.2) is 0 Å². The number of carbonyl (C=O) groups excluding carboxylic acids is 1. The first kappa shape index (κ1) is 13.4. The van der Waals surface area contributed by atoms with Gasteiger partial charge in [-0.2, -0.15) is 0 Å². The van der Waals surface area contributed by atoms with E-state index in [-0.39, 0.29) is 23.3 Å². The summed E-state index contributed by atoms with van der Waals surface area (Å²) in [5.74, 6) is 1.08. The van der Waals surface area contributed by atoms with Crippen LogP contribution in [0.5, 0.6) is 0 Å². The van der Waals surface area contributed by atoms with Crippen LogP contribution in [0.2, 0.25) is 0 Å². The molecule has 0 aliphatic carbocycles. The van der Waals surface area contributed by atoms with Crippen LogP contribution in [0, 0.1) is 0 Å². The van der Waals surface area contributed by atoms with Crippen molar-refractivity contribution in [1.82, 2.24) is 5.32 Å². The Kier molecular flexibility index (Phi) is 4.30. The average Bonchev–Trinajstić information content (AvgIpc) is 2.85. The second-order valence-electron chi connectivity index (χ2n) is 4.80. The summed E-state index contributed by atoms with van der Waals surface area (Å²) in [6.45, 7) is 1.91. The Hall–Kier alpha value is -1.00. The van der Waals surface area contributed by atoms with E-state index in [1.165, 1.54) is 0 Å². The number of hydrogen-bond donors (Lipinski definition) is 2. The standard InChI is InChI=1S/C14H19NO2S/c1-14(8-5-9-18-14)13(17)15-12(10-16)11-6-3-2-4-7-11/h2-4,6-7,12,16H,5,8-10H2,1H3,(H,15,17). The van der Waals surface area contributed by atoms with Crippen molar-refractivity contribution < 1.29 is 9.90 Å². The molecular formula is C14H19NO2S. The Morgan fingerprint density at radius 1 is 1.50 bits per heavy atom. The molecule has 98 valence electrons. The van der Waals surface area contributed by atoms with Gasteiger partial charge in [0.1, 0.15) is 0 Å². The number of aliphatic hydroxyl groups is 1. The third kappa shape index (κ3) is 2.87. The molecule has 2 N–H and O–H groups in total. The lowest BCUT2D eigenvalue weighted by molar-refractivity contribution is -0.124. The maximum atomic E-state index is 12.3. The minimum absolute atomic E-state index is 0.0351. The van der Waals surface area contributed by atoms with E-state index in [9.17, 15) is 9.90 Å². The van der Waals surface area contributed by atoms with Crippen LogP contribution >= 0.6 is 11.8 Å². The molecule has 4 heteroatoms. The SMILES string of the molecule is CC1(C(=O)NC(CO)c2ccccc2)CCCS1. The Morgan fingerprint density at radius 3 is 2.78 bits per heavy atom. The first-order valence-electron chi connectivity index (χ1n) is 6.26. The quantitative estimate of drug-likeness (QED) is 0.876. The van der Waals surface area contributed by atoms with Crippen LogP contribution in [0.1, 0.15) is 31.4 Å². The van der Waals surface area contributed by atoms with Gasteiger partial charge in [-0.1, -0.05) is 30.3 Å². The van der Waals surface area contributed by atoms with Crippen molar-refractivity contribution in [2.24, 2.45) is 0 Å². The van der Waals surface area contributed by atoms with Gasteiger partial charge in [-0.15, -0.1) is 11.8 Å². The average molecular weight is 265 g/mol. The number of amides is 1. The molecule has 3 nitrogen and oxygen atoms in total. The molecule has 1 aromatic rings. The summed E-state index contributed by atoms with van der Waals surface area (Å²) in [5.41, 5.74) is 0.944. The van der Waals surface area contributed by atoms with Crippen molar-refractivity contribution in [1.29, 1.82) is 0 Å². The lowest BCUT2D eigenvalue weighted by atomic mass is 10.0. The molecule has 0 aromatic heterocycles. The fourth-order valence-corrected chi connectivity index (χ4v) is 3.41. The van der Waals surface area contributed by atoms with E-state index in [0.717, 1.165) is 24.2 Å². The molecule has 1 heterocycles. The molecule has 1 fully saturated rings. The zero-order chi connectivity index (χ0) is 13.0. The van der Waals surface area contributed by atoms with Gasteiger partial charge in [0.25, 0.3) is 0 Å². The monoisotopic (exact) mass is 265 g/mol. The Morgan fingerprint density at radius 2 is 2.22 bits per heavy atom. The van der Waals surface area contributed by atoms with Crippen LogP contribution in [-0.4, -0.2) is 28.1 Å². The third-order valence-corrected chi connectivity index (χ3v) is 4.91. The molecule has 1 aromatic carbocycles. The highest BCUT2D eigenvalue weighted by Gasteiger charge is 2.38. The molecule has 1 aliphatic heterocycles. The van der Waals surface area contributed by atoms with E-state index in [4.69, 9.17) is 0 Å². The maximum absolute atomic E-state index is 12.3. The van der Waals surface area contributed by atoms with Crippen LogP contribution in [0.4, 0.5) is 0 Å². The fourth-order valence-electron chi connectivity index (χ4n) is 2.19. The summed E-state index contributed by atoms with van der Waals surface area (Å²) >= 11 is 1.71. The van der Waals surface area contributed by atoms with Gasteiger partial charge < -0.3 is 10.4 Å². The number of carbonyl (C=O) groups is 1. The molecule has 2 unspecified atom stereocenters. The van der Waals surface area contributed by atoms with Crippen LogP contribution in [0.3, 0.4) is 0 Å². The summed E-state index contributed by atoms with van der Waals surface area (Å²) in [6, 6.07) is 9.29. The number of nitrogens with one attached hydrogen (secondary N) is 1. The van der Waals surface area contributed by atoms with E-state index < -0.39 is 0 Å². The van der Waals surface area contributed by atoms with Gasteiger partial charge in [0.05, 0.1) is 17.4 Å². The minimum atomic E-state index is -0.331. The number of thioether (sulfide) groups is 1. The van der Waals surface area contributed by atoms with Gasteiger partial charge in [0.15, 0.2) is 0 Å². The van der Waals surface area contributed by atoms with Crippen LogP contribution < -0.4 is 5.32 Å². The van der Waals surface area contributed by atoms with Gasteiger partial charge in [0, 0.05) is 0 Å². The maximum Gasteiger partial charge on any atom is 0.236 e. The van der Waals surface area contributed by atoms with Crippen molar-refractivity contribution in [3.63, 3.8) is 0 Å². The first-order chi connectivity index (χ1) is 8.65. The van der Waals surface area contributed by atoms with E-state index in [1.54, 1.807) is 11.8 Å². The molecule has 1 amide bonds. The van der Waals surface area contributed by atoms with E-state index >= 15 is 0 Å². The molecule has 1 aliphatic rings. The second kappa shape index (κ2) is 5.76. The van der Waals surface area contributed by atoms with Crippen LogP contribution in [-0.2, 0) is 4.79 Å². The zero-order valence-electron chi connectivity index (χ0n) is 10.6. The molecule has 1 saturated heterocycles. The lowest BCUT2D eigenvalue weighted by Crippen LogP contribution is -2.43. The number of aliphatic hydroxyl groups excluding tert-OH is 1. The summed E-state index contributed by atoms with van der Waals surface area (Å²) in [5, 5.41) is 12.4. The Balaban J connectivity index is 2.05. The summed E-state index contributed by atoms with van der Waals surface area (Å²) in [7, 11) is 0. The van der Waals surface area contributed by atoms with Crippen molar-refractivity contribution in [2.45, 2.75) is 30.6 Å². The molecule has 18 heavy (non-hydrogen) atoms. The normalized spacial score (nSPS) is 24.8. The Bertz CT molecular complexity index is 402.